The lowest BCUT2D eigenvalue weighted by molar-refractivity contribution is 0.0691. The van der Waals surface area contributed by atoms with Crippen LogP contribution in [0, 0.1) is 13.8 Å². The standard InChI is InChI=1S/C15H16ClNO5S/c1-8(11-6-4-5-7-12(11)16)17-23(20,21)14-10(3)22-9(2)13(14)15(18)19/h4-8,17H,1-3H3,(H,18,19). The van der Waals surface area contributed by atoms with Crippen molar-refractivity contribution in [2.75, 3.05) is 0 Å². The van der Waals surface area contributed by atoms with Crippen LogP contribution in [-0.2, 0) is 10.0 Å². The average Bonchev–Trinajstić information content (AvgIpc) is 2.74. The summed E-state index contributed by atoms with van der Waals surface area (Å²) < 4.78 is 32.8. The van der Waals surface area contributed by atoms with Crippen molar-refractivity contribution in [3.05, 3.63) is 51.9 Å². The summed E-state index contributed by atoms with van der Waals surface area (Å²) >= 11 is 6.06. The Balaban J connectivity index is 2.45. The predicted octanol–water partition coefficient (Wildman–Crippen LogP) is 3.29. The normalized spacial score (nSPS) is 13.0. The lowest BCUT2D eigenvalue weighted by Gasteiger charge is -2.16. The zero-order valence-electron chi connectivity index (χ0n) is 12.8. The van der Waals surface area contributed by atoms with Gasteiger partial charge < -0.3 is 9.52 Å². The highest BCUT2D eigenvalue weighted by Gasteiger charge is 2.32. The predicted molar refractivity (Wildman–Crippen MR) is 85.3 cm³/mol. The molecule has 0 bridgehead atoms. The van der Waals surface area contributed by atoms with Gasteiger partial charge in [-0.05, 0) is 32.4 Å². The zero-order chi connectivity index (χ0) is 17.4. The summed E-state index contributed by atoms with van der Waals surface area (Å²) in [7, 11) is -4.09. The number of furan rings is 1. The van der Waals surface area contributed by atoms with E-state index in [1.54, 1.807) is 31.2 Å². The summed E-state index contributed by atoms with van der Waals surface area (Å²) in [6.45, 7) is 4.45. The van der Waals surface area contributed by atoms with Crippen LogP contribution in [0.5, 0.6) is 0 Å². The number of sulfonamides is 1. The van der Waals surface area contributed by atoms with E-state index in [0.29, 0.717) is 10.6 Å². The van der Waals surface area contributed by atoms with Gasteiger partial charge in [0.1, 0.15) is 22.0 Å². The lowest BCUT2D eigenvalue weighted by Crippen LogP contribution is -2.28. The van der Waals surface area contributed by atoms with Crippen molar-refractivity contribution in [1.29, 1.82) is 0 Å². The van der Waals surface area contributed by atoms with Gasteiger partial charge in [0, 0.05) is 11.1 Å². The molecule has 0 aliphatic carbocycles. The van der Waals surface area contributed by atoms with Crippen molar-refractivity contribution in [3.8, 4) is 0 Å². The highest BCUT2D eigenvalue weighted by molar-refractivity contribution is 7.89. The first kappa shape index (κ1) is 17.5. The summed E-state index contributed by atoms with van der Waals surface area (Å²) in [6.07, 6.45) is 0. The average molecular weight is 358 g/mol. The Morgan fingerprint density at radius 3 is 2.43 bits per heavy atom. The topological polar surface area (TPSA) is 96.6 Å². The Morgan fingerprint density at radius 1 is 1.26 bits per heavy atom. The van der Waals surface area contributed by atoms with Crippen LogP contribution in [0.15, 0.2) is 33.6 Å². The second-order valence-corrected chi connectivity index (χ2v) is 7.15. The number of aryl methyl sites for hydroxylation is 2. The van der Waals surface area contributed by atoms with Crippen molar-refractivity contribution < 1.29 is 22.7 Å². The SMILES string of the molecule is Cc1oc(C)c(S(=O)(=O)NC(C)c2ccccc2Cl)c1C(=O)O. The Kier molecular flexibility index (Phi) is 4.84. The maximum Gasteiger partial charge on any atom is 0.340 e. The molecule has 0 fully saturated rings. The summed E-state index contributed by atoms with van der Waals surface area (Å²) in [4.78, 5) is 11.0. The number of carboxylic acids is 1. The Morgan fingerprint density at radius 2 is 1.87 bits per heavy atom. The summed E-state index contributed by atoms with van der Waals surface area (Å²) in [5.74, 6) is -1.29. The maximum atomic E-state index is 12.6. The molecule has 6 nitrogen and oxygen atoms in total. The smallest absolute Gasteiger partial charge is 0.340 e. The van der Waals surface area contributed by atoms with Crippen molar-refractivity contribution in [1.82, 2.24) is 4.72 Å². The molecule has 1 heterocycles. The van der Waals surface area contributed by atoms with Crippen LogP contribution in [0.4, 0.5) is 0 Å². The lowest BCUT2D eigenvalue weighted by atomic mass is 10.1. The fourth-order valence-corrected chi connectivity index (χ4v) is 4.35. The van der Waals surface area contributed by atoms with E-state index < -0.39 is 22.0 Å². The number of rotatable bonds is 5. The number of benzene rings is 1. The molecule has 0 amide bonds. The molecule has 1 aromatic heterocycles. The van der Waals surface area contributed by atoms with Gasteiger partial charge in [0.05, 0.1) is 0 Å². The van der Waals surface area contributed by atoms with E-state index in [0.717, 1.165) is 0 Å². The van der Waals surface area contributed by atoms with E-state index in [1.807, 2.05) is 0 Å². The molecule has 1 atom stereocenters. The summed E-state index contributed by atoms with van der Waals surface area (Å²) in [5.41, 5.74) is 0.230. The molecule has 0 spiro atoms. The van der Waals surface area contributed by atoms with Gasteiger partial charge in [-0.3, -0.25) is 0 Å². The van der Waals surface area contributed by atoms with E-state index in [4.69, 9.17) is 16.0 Å². The molecule has 2 N–H and O–H groups in total. The van der Waals surface area contributed by atoms with E-state index in [1.165, 1.54) is 13.8 Å². The van der Waals surface area contributed by atoms with Crippen LogP contribution < -0.4 is 4.72 Å². The van der Waals surface area contributed by atoms with Gasteiger partial charge in [-0.15, -0.1) is 0 Å². The monoisotopic (exact) mass is 357 g/mol. The summed E-state index contributed by atoms with van der Waals surface area (Å²) in [6, 6.07) is 6.18. The van der Waals surface area contributed by atoms with Crippen LogP contribution in [0.1, 0.15) is 40.4 Å². The molecule has 1 unspecified atom stereocenters. The molecule has 0 aliphatic heterocycles. The third-order valence-electron chi connectivity index (χ3n) is 3.39. The zero-order valence-corrected chi connectivity index (χ0v) is 14.3. The minimum atomic E-state index is -4.09. The second-order valence-electron chi connectivity index (χ2n) is 5.09. The van der Waals surface area contributed by atoms with Crippen LogP contribution in [0.2, 0.25) is 5.02 Å². The van der Waals surface area contributed by atoms with Crippen LogP contribution >= 0.6 is 11.6 Å². The quantitative estimate of drug-likeness (QED) is 0.855. The van der Waals surface area contributed by atoms with E-state index in [-0.39, 0.29) is 22.0 Å². The van der Waals surface area contributed by atoms with Gasteiger partial charge in [-0.2, -0.15) is 0 Å². The van der Waals surface area contributed by atoms with E-state index >= 15 is 0 Å². The van der Waals surface area contributed by atoms with Gasteiger partial charge >= 0.3 is 5.97 Å². The highest BCUT2D eigenvalue weighted by atomic mass is 35.5. The van der Waals surface area contributed by atoms with Crippen molar-refractivity contribution >= 4 is 27.6 Å². The van der Waals surface area contributed by atoms with E-state index in [9.17, 15) is 18.3 Å². The van der Waals surface area contributed by atoms with Crippen LogP contribution in [0.25, 0.3) is 0 Å². The molecule has 23 heavy (non-hydrogen) atoms. The van der Waals surface area contributed by atoms with Crippen LogP contribution in [-0.4, -0.2) is 19.5 Å². The third kappa shape index (κ3) is 3.41. The molecule has 0 aliphatic rings. The minimum Gasteiger partial charge on any atom is -0.478 e. The highest BCUT2D eigenvalue weighted by Crippen LogP contribution is 2.29. The van der Waals surface area contributed by atoms with Crippen molar-refractivity contribution in [2.45, 2.75) is 31.7 Å². The van der Waals surface area contributed by atoms with Gasteiger partial charge in [0.2, 0.25) is 10.0 Å². The largest absolute Gasteiger partial charge is 0.478 e. The Hall–Kier alpha value is -1.83. The van der Waals surface area contributed by atoms with Gasteiger partial charge in [-0.25, -0.2) is 17.9 Å². The van der Waals surface area contributed by atoms with Gasteiger partial charge in [0.25, 0.3) is 0 Å². The number of hydrogen-bond acceptors (Lipinski definition) is 4. The van der Waals surface area contributed by atoms with Crippen LogP contribution in [0.3, 0.4) is 0 Å². The number of hydrogen-bond donors (Lipinski definition) is 2. The molecular formula is C15H16ClNO5S. The minimum absolute atomic E-state index is 0.0266. The molecule has 0 saturated carbocycles. The number of halogens is 1. The van der Waals surface area contributed by atoms with Gasteiger partial charge in [0.15, 0.2) is 0 Å². The van der Waals surface area contributed by atoms with Crippen molar-refractivity contribution in [2.24, 2.45) is 0 Å². The molecule has 2 aromatic rings. The Labute approximate surface area is 139 Å². The van der Waals surface area contributed by atoms with Crippen molar-refractivity contribution in [3.63, 3.8) is 0 Å². The molecular weight excluding hydrogens is 342 g/mol. The second kappa shape index (κ2) is 6.35. The fraction of sp³-hybridized carbons (Fsp3) is 0.267. The third-order valence-corrected chi connectivity index (χ3v) is 5.43. The molecule has 8 heteroatoms. The molecule has 0 radical (unpaired) electrons. The molecule has 124 valence electrons. The first-order valence-electron chi connectivity index (χ1n) is 6.75. The molecule has 2 rings (SSSR count). The number of nitrogens with one attached hydrogen (secondary N) is 1. The van der Waals surface area contributed by atoms with E-state index in [2.05, 4.69) is 4.72 Å². The summed E-state index contributed by atoms with van der Waals surface area (Å²) in [5, 5.41) is 9.66. The number of carbonyl (C=O) groups is 1. The Bertz CT molecular complexity index is 857. The molecule has 1 aromatic carbocycles. The number of aromatic carboxylic acids is 1. The maximum absolute atomic E-state index is 12.6. The first-order chi connectivity index (χ1) is 10.6. The molecule has 0 saturated heterocycles. The van der Waals surface area contributed by atoms with Gasteiger partial charge in [-0.1, -0.05) is 29.8 Å². The number of carboxylic acid groups (broad SMARTS) is 1. The fourth-order valence-electron chi connectivity index (χ4n) is 2.42. The first-order valence-corrected chi connectivity index (χ1v) is 8.61.